The summed E-state index contributed by atoms with van der Waals surface area (Å²) in [6.07, 6.45) is 0.721. The van der Waals surface area contributed by atoms with Gasteiger partial charge in [0.05, 0.1) is 12.1 Å². The highest BCUT2D eigenvalue weighted by atomic mass is 16.4. The molecule has 0 amide bonds. The molecule has 5 heteroatoms. The van der Waals surface area contributed by atoms with E-state index in [9.17, 15) is 4.79 Å². The number of aromatic amines is 1. The number of rotatable bonds is 5. The van der Waals surface area contributed by atoms with Crippen LogP contribution in [0.4, 0.5) is 0 Å². The summed E-state index contributed by atoms with van der Waals surface area (Å²) >= 11 is 0. The molecule has 0 fully saturated rings. The number of carboxylic acids is 1. The number of hydrogen-bond donors (Lipinski definition) is 2. The van der Waals surface area contributed by atoms with Crippen LogP contribution in [-0.4, -0.2) is 26.1 Å². The lowest BCUT2D eigenvalue weighted by Gasteiger charge is -2.14. The van der Waals surface area contributed by atoms with E-state index in [1.54, 1.807) is 29.1 Å². The Hall–Kier alpha value is -4.04. The molecule has 3 aromatic carbocycles. The van der Waals surface area contributed by atoms with Crippen LogP contribution in [0, 0.1) is 11.8 Å². The minimum atomic E-state index is -0.925. The molecular weight excluding hydrogens is 362 g/mol. The van der Waals surface area contributed by atoms with Crippen molar-refractivity contribution >= 4 is 5.97 Å². The Morgan fingerprint density at radius 3 is 2.45 bits per heavy atom. The summed E-state index contributed by atoms with van der Waals surface area (Å²) in [5.41, 5.74) is 4.39. The Morgan fingerprint density at radius 1 is 0.966 bits per heavy atom. The molecule has 0 aliphatic heterocycles. The molecule has 142 valence electrons. The lowest BCUT2D eigenvalue weighted by atomic mass is 10.1. The van der Waals surface area contributed by atoms with Crippen molar-refractivity contribution in [2.24, 2.45) is 0 Å². The normalized spacial score (nSPS) is 10.3. The van der Waals surface area contributed by atoms with Gasteiger partial charge in [0, 0.05) is 17.5 Å². The molecule has 0 atom stereocenters. The molecular formula is C24H19N3O2. The van der Waals surface area contributed by atoms with Crippen LogP contribution in [0.5, 0.6) is 0 Å². The van der Waals surface area contributed by atoms with Gasteiger partial charge in [0.2, 0.25) is 0 Å². The third kappa shape index (κ3) is 4.63. The predicted octanol–water partition coefficient (Wildman–Crippen LogP) is 4.22. The molecule has 1 heterocycles. The zero-order valence-corrected chi connectivity index (χ0v) is 15.7. The van der Waals surface area contributed by atoms with Gasteiger partial charge in [-0.15, -0.1) is 5.10 Å². The Labute approximate surface area is 168 Å². The number of nitrogens with zero attached hydrogens (tertiary/aromatic N) is 2. The fraction of sp³-hybridized carbons (Fsp3) is 0.0833. The standard InChI is InChI=1S/C24H19N3O2/c28-24(29)21-14-12-20(13-15-21)17-27-25-23(26-27)22-11-5-10-19(16-22)9-4-8-18-6-2-1-3-7-18/h1-3,5-7,10-16H,8,17H2,(H,25,26)(H,28,29). The largest absolute Gasteiger partial charge is 0.478 e. The number of hydrogen-bond acceptors (Lipinski definition) is 2. The molecule has 0 radical (unpaired) electrons. The average molecular weight is 381 g/mol. The first-order valence-corrected chi connectivity index (χ1v) is 9.26. The molecule has 0 spiro atoms. The Balaban J connectivity index is 1.40. The number of benzene rings is 3. The highest BCUT2D eigenvalue weighted by Gasteiger charge is 2.08. The molecule has 0 bridgehead atoms. The zero-order chi connectivity index (χ0) is 20.1. The van der Waals surface area contributed by atoms with Crippen molar-refractivity contribution in [2.45, 2.75) is 13.0 Å². The van der Waals surface area contributed by atoms with Gasteiger partial charge < -0.3 is 5.11 Å². The molecule has 0 aliphatic rings. The van der Waals surface area contributed by atoms with Crippen LogP contribution in [0.15, 0.2) is 78.9 Å². The third-order valence-electron chi connectivity index (χ3n) is 4.49. The Kier molecular flexibility index (Phi) is 5.26. The van der Waals surface area contributed by atoms with Crippen LogP contribution >= 0.6 is 0 Å². The van der Waals surface area contributed by atoms with Gasteiger partial charge in [-0.1, -0.05) is 66.4 Å². The summed E-state index contributed by atoms with van der Waals surface area (Å²) in [6.45, 7) is 0.556. The van der Waals surface area contributed by atoms with Crippen LogP contribution in [-0.2, 0) is 13.0 Å². The Bertz CT molecular complexity index is 1160. The predicted molar refractivity (Wildman–Crippen MR) is 112 cm³/mol. The van der Waals surface area contributed by atoms with E-state index in [-0.39, 0.29) is 5.56 Å². The van der Waals surface area contributed by atoms with E-state index in [0.717, 1.165) is 28.9 Å². The summed E-state index contributed by atoms with van der Waals surface area (Å²) in [5.74, 6) is 6.28. The molecule has 1 aromatic heterocycles. The lowest BCUT2D eigenvalue weighted by Crippen LogP contribution is -2.17. The molecule has 5 nitrogen and oxygen atoms in total. The third-order valence-corrected chi connectivity index (χ3v) is 4.49. The van der Waals surface area contributed by atoms with Crippen molar-refractivity contribution in [3.63, 3.8) is 0 Å². The second-order valence-electron chi connectivity index (χ2n) is 6.67. The zero-order valence-electron chi connectivity index (χ0n) is 15.7. The van der Waals surface area contributed by atoms with E-state index in [0.29, 0.717) is 6.54 Å². The summed E-state index contributed by atoms with van der Waals surface area (Å²) in [4.78, 5) is 12.6. The maximum absolute atomic E-state index is 10.9. The monoisotopic (exact) mass is 381 g/mol. The lowest BCUT2D eigenvalue weighted by molar-refractivity contribution is 0.0697. The van der Waals surface area contributed by atoms with E-state index < -0.39 is 5.97 Å². The van der Waals surface area contributed by atoms with Crippen LogP contribution in [0.2, 0.25) is 0 Å². The van der Waals surface area contributed by atoms with E-state index in [4.69, 9.17) is 5.11 Å². The number of H-pyrrole nitrogens is 1. The van der Waals surface area contributed by atoms with Crippen molar-refractivity contribution in [2.75, 3.05) is 0 Å². The van der Waals surface area contributed by atoms with Crippen molar-refractivity contribution in [3.8, 4) is 23.2 Å². The molecule has 0 aliphatic carbocycles. The second-order valence-corrected chi connectivity index (χ2v) is 6.67. The van der Waals surface area contributed by atoms with Gasteiger partial charge in [0.15, 0.2) is 5.82 Å². The van der Waals surface area contributed by atoms with Gasteiger partial charge in [0.25, 0.3) is 0 Å². The highest BCUT2D eigenvalue weighted by molar-refractivity contribution is 5.87. The SMILES string of the molecule is O=C(O)c1ccc(Cn2nc(-c3cccc(C#CCc4ccccc4)c3)[nH]2)cc1. The van der Waals surface area contributed by atoms with Gasteiger partial charge in [-0.25, -0.2) is 4.79 Å². The maximum atomic E-state index is 10.9. The minimum absolute atomic E-state index is 0.277. The number of carbonyl (C=O) groups is 1. The van der Waals surface area contributed by atoms with Gasteiger partial charge in [-0.05, 0) is 35.4 Å². The topological polar surface area (TPSA) is 70.9 Å². The van der Waals surface area contributed by atoms with Crippen molar-refractivity contribution in [1.29, 1.82) is 0 Å². The van der Waals surface area contributed by atoms with Gasteiger partial charge >= 0.3 is 5.97 Å². The van der Waals surface area contributed by atoms with Gasteiger partial charge in [0.1, 0.15) is 0 Å². The number of carboxylic acid groups (broad SMARTS) is 1. The van der Waals surface area contributed by atoms with Gasteiger partial charge in [-0.3, -0.25) is 5.10 Å². The van der Waals surface area contributed by atoms with Crippen molar-refractivity contribution in [1.82, 2.24) is 15.0 Å². The van der Waals surface area contributed by atoms with Crippen LogP contribution in [0.3, 0.4) is 0 Å². The number of aromatic carboxylic acids is 1. The van der Waals surface area contributed by atoms with Crippen molar-refractivity contribution < 1.29 is 9.90 Å². The first kappa shape index (κ1) is 18.3. The average Bonchev–Trinajstić information content (AvgIpc) is 2.72. The molecule has 0 saturated heterocycles. The van der Waals surface area contributed by atoms with E-state index >= 15 is 0 Å². The number of nitrogens with one attached hydrogen (secondary N) is 1. The van der Waals surface area contributed by atoms with Crippen molar-refractivity contribution in [3.05, 3.63) is 101 Å². The molecule has 0 unspecified atom stereocenters. The molecule has 2 N–H and O–H groups in total. The quantitative estimate of drug-likeness (QED) is 0.509. The van der Waals surface area contributed by atoms with E-state index in [1.165, 1.54) is 5.56 Å². The number of aromatic nitrogens is 3. The smallest absolute Gasteiger partial charge is 0.335 e. The van der Waals surface area contributed by atoms with Crippen LogP contribution < -0.4 is 0 Å². The summed E-state index contributed by atoms with van der Waals surface area (Å²) in [5, 5.41) is 16.7. The fourth-order valence-electron chi connectivity index (χ4n) is 2.96. The van der Waals surface area contributed by atoms with Crippen LogP contribution in [0.1, 0.15) is 27.0 Å². The fourth-order valence-corrected chi connectivity index (χ4v) is 2.96. The minimum Gasteiger partial charge on any atom is -0.478 e. The van der Waals surface area contributed by atoms with Crippen LogP contribution in [0.25, 0.3) is 11.4 Å². The summed E-state index contributed by atoms with van der Waals surface area (Å²) in [7, 11) is 0. The first-order valence-electron chi connectivity index (χ1n) is 9.26. The summed E-state index contributed by atoms with van der Waals surface area (Å²) in [6, 6.07) is 24.9. The van der Waals surface area contributed by atoms with E-state index in [1.807, 2.05) is 42.5 Å². The highest BCUT2D eigenvalue weighted by Crippen LogP contribution is 2.17. The molecule has 4 rings (SSSR count). The molecule has 29 heavy (non-hydrogen) atoms. The molecule has 0 saturated carbocycles. The first-order chi connectivity index (χ1) is 14.2. The summed E-state index contributed by atoms with van der Waals surface area (Å²) < 4.78 is 0. The maximum Gasteiger partial charge on any atom is 0.335 e. The Morgan fingerprint density at radius 2 is 1.72 bits per heavy atom. The second kappa shape index (κ2) is 8.32. The van der Waals surface area contributed by atoms with E-state index in [2.05, 4.69) is 34.2 Å². The van der Waals surface area contributed by atoms with Gasteiger partial charge in [-0.2, -0.15) is 4.80 Å². The molecule has 4 aromatic rings.